The van der Waals surface area contributed by atoms with Crippen molar-refractivity contribution in [3.63, 3.8) is 0 Å². The predicted molar refractivity (Wildman–Crippen MR) is 99.3 cm³/mol. The number of carbonyl (C=O) groups is 1. The van der Waals surface area contributed by atoms with E-state index < -0.39 is 0 Å². The van der Waals surface area contributed by atoms with E-state index in [1.54, 1.807) is 20.3 Å². The Morgan fingerprint density at radius 3 is 2.36 bits per heavy atom. The molecule has 2 aromatic carbocycles. The zero-order chi connectivity index (χ0) is 18.0. The molecule has 1 amide bonds. The highest BCUT2D eigenvalue weighted by Gasteiger charge is 2.29. The fourth-order valence-electron chi connectivity index (χ4n) is 2.65. The van der Waals surface area contributed by atoms with Gasteiger partial charge in [-0.1, -0.05) is 17.7 Å². The monoisotopic (exact) mass is 336 g/mol. The van der Waals surface area contributed by atoms with E-state index in [1.165, 1.54) is 5.01 Å². The largest absolute Gasteiger partial charge is 0.497 e. The van der Waals surface area contributed by atoms with Gasteiger partial charge < -0.3 is 9.47 Å². The number of nitrogens with zero attached hydrogens (tertiary/aromatic N) is 2. The molecular weight excluding hydrogens is 316 g/mol. The maximum absolute atomic E-state index is 12.8. The minimum atomic E-state index is -0.161. The van der Waals surface area contributed by atoms with Gasteiger partial charge >= 0.3 is 0 Å². The van der Waals surface area contributed by atoms with Gasteiger partial charge in [-0.3, -0.25) is 4.79 Å². The molecule has 0 aliphatic carbocycles. The fraction of sp³-hybridized carbons (Fsp3) is 0.200. The van der Waals surface area contributed by atoms with Gasteiger partial charge in [0.2, 0.25) is 0 Å². The Morgan fingerprint density at radius 2 is 1.72 bits per heavy atom. The van der Waals surface area contributed by atoms with Crippen molar-refractivity contribution in [3.8, 4) is 11.5 Å². The number of rotatable bonds is 4. The summed E-state index contributed by atoms with van der Waals surface area (Å²) in [5, 5.41) is 5.83. The Labute approximate surface area is 147 Å². The van der Waals surface area contributed by atoms with Gasteiger partial charge in [-0.25, -0.2) is 0 Å². The molecule has 5 nitrogen and oxygen atoms in total. The van der Waals surface area contributed by atoms with Crippen molar-refractivity contribution in [2.24, 2.45) is 5.10 Å². The van der Waals surface area contributed by atoms with E-state index in [1.807, 2.05) is 56.3 Å². The van der Waals surface area contributed by atoms with Gasteiger partial charge in [0.1, 0.15) is 11.5 Å². The quantitative estimate of drug-likeness (QED) is 0.798. The van der Waals surface area contributed by atoms with Crippen molar-refractivity contribution in [2.45, 2.75) is 13.8 Å². The second-order valence-electron chi connectivity index (χ2n) is 5.80. The smallest absolute Gasteiger partial charge is 0.280 e. The van der Waals surface area contributed by atoms with Crippen LogP contribution in [-0.4, -0.2) is 25.8 Å². The van der Waals surface area contributed by atoms with Gasteiger partial charge in [0, 0.05) is 5.56 Å². The lowest BCUT2D eigenvalue weighted by Crippen LogP contribution is -2.21. The highest BCUT2D eigenvalue weighted by atomic mass is 16.5. The van der Waals surface area contributed by atoms with E-state index in [2.05, 4.69) is 5.10 Å². The zero-order valence-electron chi connectivity index (χ0n) is 14.7. The van der Waals surface area contributed by atoms with Crippen LogP contribution < -0.4 is 14.5 Å². The third-order valence-corrected chi connectivity index (χ3v) is 4.08. The summed E-state index contributed by atoms with van der Waals surface area (Å²) in [6, 6.07) is 13.2. The van der Waals surface area contributed by atoms with Crippen molar-refractivity contribution >= 4 is 23.4 Å². The summed E-state index contributed by atoms with van der Waals surface area (Å²) in [6.45, 7) is 3.83. The number of methoxy groups -OCH3 is 2. The second kappa shape index (κ2) is 6.81. The second-order valence-corrected chi connectivity index (χ2v) is 5.80. The molecule has 0 radical (unpaired) electrons. The molecule has 128 valence electrons. The Morgan fingerprint density at radius 1 is 1.00 bits per heavy atom. The molecule has 0 unspecified atom stereocenters. The van der Waals surface area contributed by atoms with E-state index in [4.69, 9.17) is 9.47 Å². The molecule has 0 saturated heterocycles. The van der Waals surface area contributed by atoms with E-state index in [-0.39, 0.29) is 5.91 Å². The first-order valence-electron chi connectivity index (χ1n) is 7.94. The van der Waals surface area contributed by atoms with Crippen LogP contribution in [-0.2, 0) is 4.79 Å². The Balaban J connectivity index is 1.99. The molecule has 0 fully saturated rings. The molecule has 5 heteroatoms. The Hall–Kier alpha value is -3.08. The van der Waals surface area contributed by atoms with Crippen molar-refractivity contribution in [2.75, 3.05) is 19.2 Å². The molecule has 3 rings (SSSR count). The van der Waals surface area contributed by atoms with Gasteiger partial charge in [0.15, 0.2) is 0 Å². The van der Waals surface area contributed by atoms with Crippen LogP contribution in [0.1, 0.15) is 18.1 Å². The number of hydrogen-bond donors (Lipinski definition) is 0. The third kappa shape index (κ3) is 3.26. The summed E-state index contributed by atoms with van der Waals surface area (Å²) < 4.78 is 10.6. The standard InChI is InChI=1S/C20H20N2O3/c1-13-5-7-16(8-6-13)22-20(23)18(14(2)21-22)12-15-11-17(24-3)9-10-19(15)25-4/h5-12H,1-4H3/b18-12-. The van der Waals surface area contributed by atoms with Crippen molar-refractivity contribution in [3.05, 3.63) is 59.2 Å². The van der Waals surface area contributed by atoms with E-state index >= 15 is 0 Å². The minimum absolute atomic E-state index is 0.161. The maximum Gasteiger partial charge on any atom is 0.280 e. The fourth-order valence-corrected chi connectivity index (χ4v) is 2.65. The first-order chi connectivity index (χ1) is 12.0. The number of anilines is 1. The normalized spacial score (nSPS) is 15.5. The number of carbonyl (C=O) groups excluding carboxylic acids is 1. The topological polar surface area (TPSA) is 51.1 Å². The minimum Gasteiger partial charge on any atom is -0.497 e. The average Bonchev–Trinajstić information content (AvgIpc) is 2.90. The van der Waals surface area contributed by atoms with E-state index in [0.717, 1.165) is 16.8 Å². The molecule has 0 aromatic heterocycles. The third-order valence-electron chi connectivity index (χ3n) is 4.08. The number of amides is 1. The number of hydrogen-bond acceptors (Lipinski definition) is 4. The molecule has 1 aliphatic heterocycles. The van der Waals surface area contributed by atoms with Crippen molar-refractivity contribution < 1.29 is 14.3 Å². The summed E-state index contributed by atoms with van der Waals surface area (Å²) in [5.74, 6) is 1.21. The van der Waals surface area contributed by atoms with Crippen LogP contribution in [0.3, 0.4) is 0 Å². The molecule has 0 spiro atoms. The summed E-state index contributed by atoms with van der Waals surface area (Å²) in [5.41, 5.74) is 3.84. The van der Waals surface area contributed by atoms with Crippen LogP contribution >= 0.6 is 0 Å². The van der Waals surface area contributed by atoms with E-state index in [9.17, 15) is 4.79 Å². The van der Waals surface area contributed by atoms with Crippen LogP contribution in [0.4, 0.5) is 5.69 Å². The van der Waals surface area contributed by atoms with Gasteiger partial charge in [0.05, 0.1) is 31.2 Å². The summed E-state index contributed by atoms with van der Waals surface area (Å²) in [6.07, 6.45) is 1.79. The summed E-state index contributed by atoms with van der Waals surface area (Å²) >= 11 is 0. The Bertz CT molecular complexity index is 867. The van der Waals surface area contributed by atoms with Crippen LogP contribution in [0.25, 0.3) is 6.08 Å². The molecule has 0 bridgehead atoms. The summed E-state index contributed by atoms with van der Waals surface area (Å²) in [4.78, 5) is 12.8. The number of aryl methyl sites for hydroxylation is 1. The SMILES string of the molecule is COc1ccc(OC)c(/C=C2\C(=O)N(c3ccc(C)cc3)N=C2C)c1. The van der Waals surface area contributed by atoms with E-state index in [0.29, 0.717) is 22.8 Å². The van der Waals surface area contributed by atoms with Gasteiger partial charge in [0.25, 0.3) is 5.91 Å². The maximum atomic E-state index is 12.8. The number of benzene rings is 2. The highest BCUT2D eigenvalue weighted by Crippen LogP contribution is 2.30. The molecule has 25 heavy (non-hydrogen) atoms. The number of hydrazone groups is 1. The molecular formula is C20H20N2O3. The lowest BCUT2D eigenvalue weighted by molar-refractivity contribution is -0.114. The highest BCUT2D eigenvalue weighted by molar-refractivity contribution is 6.32. The molecule has 1 aliphatic rings. The molecule has 0 saturated carbocycles. The predicted octanol–water partition coefficient (Wildman–Crippen LogP) is 3.82. The van der Waals surface area contributed by atoms with Gasteiger partial charge in [-0.2, -0.15) is 10.1 Å². The van der Waals surface area contributed by atoms with Gasteiger partial charge in [-0.05, 0) is 50.3 Å². The van der Waals surface area contributed by atoms with Crippen LogP contribution in [0.15, 0.2) is 53.1 Å². The first kappa shape index (κ1) is 16.8. The summed E-state index contributed by atoms with van der Waals surface area (Å²) in [7, 11) is 3.20. The van der Waals surface area contributed by atoms with Crippen LogP contribution in [0.2, 0.25) is 0 Å². The van der Waals surface area contributed by atoms with Gasteiger partial charge in [-0.15, -0.1) is 0 Å². The van der Waals surface area contributed by atoms with Crippen LogP contribution in [0.5, 0.6) is 11.5 Å². The first-order valence-corrected chi connectivity index (χ1v) is 7.94. The van der Waals surface area contributed by atoms with Crippen molar-refractivity contribution in [1.29, 1.82) is 0 Å². The lowest BCUT2D eigenvalue weighted by Gasteiger charge is -2.12. The molecule has 0 atom stereocenters. The van der Waals surface area contributed by atoms with Crippen molar-refractivity contribution in [1.82, 2.24) is 0 Å². The average molecular weight is 336 g/mol. The number of ether oxygens (including phenoxy) is 2. The zero-order valence-corrected chi connectivity index (χ0v) is 14.7. The lowest BCUT2D eigenvalue weighted by atomic mass is 10.1. The van der Waals surface area contributed by atoms with Crippen LogP contribution in [0, 0.1) is 6.92 Å². The Kier molecular flexibility index (Phi) is 4.57. The molecule has 1 heterocycles. The molecule has 0 N–H and O–H groups in total. The molecule has 2 aromatic rings.